The van der Waals surface area contributed by atoms with Crippen LogP contribution >= 0.6 is 0 Å². The quantitative estimate of drug-likeness (QED) is 0.627. The van der Waals surface area contributed by atoms with E-state index in [0.29, 0.717) is 17.9 Å². The van der Waals surface area contributed by atoms with Gasteiger partial charge in [-0.3, -0.25) is 19.6 Å². The molecule has 0 radical (unpaired) electrons. The third-order valence-corrected chi connectivity index (χ3v) is 3.83. The zero-order valence-electron chi connectivity index (χ0n) is 13.7. The van der Waals surface area contributed by atoms with E-state index in [4.69, 9.17) is 0 Å². The first kappa shape index (κ1) is 16.7. The molecule has 1 amide bonds. The van der Waals surface area contributed by atoms with Crippen molar-refractivity contribution in [2.75, 3.05) is 7.05 Å². The molecule has 2 rings (SSSR count). The van der Waals surface area contributed by atoms with E-state index in [1.807, 2.05) is 30.3 Å². The Morgan fingerprint density at radius 1 is 1.35 bits per heavy atom. The van der Waals surface area contributed by atoms with Gasteiger partial charge in [-0.2, -0.15) is 5.10 Å². The van der Waals surface area contributed by atoms with E-state index in [2.05, 4.69) is 5.10 Å². The first-order valence-electron chi connectivity index (χ1n) is 7.32. The summed E-state index contributed by atoms with van der Waals surface area (Å²) in [5.74, 6) is -0.144. The minimum atomic E-state index is -0.601. The van der Waals surface area contributed by atoms with Crippen molar-refractivity contribution in [3.8, 4) is 0 Å². The Kier molecular flexibility index (Phi) is 4.78. The van der Waals surface area contributed by atoms with Gasteiger partial charge in [-0.05, 0) is 26.3 Å². The molecule has 0 aliphatic carbocycles. The summed E-state index contributed by atoms with van der Waals surface area (Å²) in [6, 6.07) is 9.05. The van der Waals surface area contributed by atoms with Crippen LogP contribution in [0.25, 0.3) is 0 Å². The molecule has 2 aromatic rings. The van der Waals surface area contributed by atoms with Crippen LogP contribution in [0.4, 0.5) is 5.69 Å². The van der Waals surface area contributed by atoms with Crippen molar-refractivity contribution in [2.24, 2.45) is 0 Å². The summed E-state index contributed by atoms with van der Waals surface area (Å²) in [4.78, 5) is 24.8. The lowest BCUT2D eigenvalue weighted by atomic mass is 10.2. The molecule has 0 spiro atoms. The third kappa shape index (κ3) is 3.39. The Hall–Kier alpha value is -2.70. The first-order chi connectivity index (χ1) is 10.8. The lowest BCUT2D eigenvalue weighted by Crippen LogP contribution is -2.33. The maximum atomic E-state index is 12.6. The van der Waals surface area contributed by atoms with Crippen molar-refractivity contribution in [2.45, 2.75) is 33.4 Å². The topological polar surface area (TPSA) is 81.3 Å². The van der Waals surface area contributed by atoms with E-state index >= 15 is 0 Å². The van der Waals surface area contributed by atoms with Crippen molar-refractivity contribution in [1.82, 2.24) is 14.7 Å². The predicted molar refractivity (Wildman–Crippen MR) is 86.0 cm³/mol. The fourth-order valence-corrected chi connectivity index (χ4v) is 2.65. The number of likely N-dealkylation sites (N-methyl/N-ethyl adjacent to an activating group) is 1. The van der Waals surface area contributed by atoms with Crippen LogP contribution in [0.15, 0.2) is 30.3 Å². The van der Waals surface area contributed by atoms with Gasteiger partial charge in [0.05, 0.1) is 4.92 Å². The third-order valence-electron chi connectivity index (χ3n) is 3.83. The number of hydrogen-bond acceptors (Lipinski definition) is 4. The molecule has 1 heterocycles. The highest BCUT2D eigenvalue weighted by molar-refractivity contribution is 5.80. The van der Waals surface area contributed by atoms with Gasteiger partial charge in [0.1, 0.15) is 17.4 Å². The molecule has 23 heavy (non-hydrogen) atoms. The van der Waals surface area contributed by atoms with Crippen LogP contribution in [0.2, 0.25) is 0 Å². The Labute approximate surface area is 134 Å². The molecule has 0 fully saturated rings. The molecule has 0 saturated carbocycles. The number of aryl methyl sites for hydroxylation is 1. The Bertz CT molecular complexity index is 724. The number of benzene rings is 1. The fraction of sp³-hybridized carbons (Fsp3) is 0.375. The molecule has 122 valence electrons. The standard InChI is InChI=1S/C16H20N4O3/c1-11-15(20(22)23)12(2)19(17-11)13(3)16(21)18(4)10-14-8-6-5-7-9-14/h5-9,13H,10H2,1-4H3/t13-/m1/s1. The Morgan fingerprint density at radius 2 is 1.96 bits per heavy atom. The number of rotatable bonds is 5. The lowest BCUT2D eigenvalue weighted by molar-refractivity contribution is -0.386. The van der Waals surface area contributed by atoms with Crippen LogP contribution in [0.3, 0.4) is 0 Å². The van der Waals surface area contributed by atoms with E-state index in [-0.39, 0.29) is 11.6 Å². The number of carbonyl (C=O) groups is 1. The van der Waals surface area contributed by atoms with Crippen molar-refractivity contribution in [3.63, 3.8) is 0 Å². The average Bonchev–Trinajstić information content (AvgIpc) is 2.81. The van der Waals surface area contributed by atoms with E-state index in [1.165, 1.54) is 4.68 Å². The summed E-state index contributed by atoms with van der Waals surface area (Å²) in [5.41, 5.74) is 1.70. The van der Waals surface area contributed by atoms with Gasteiger partial charge in [0.15, 0.2) is 0 Å². The monoisotopic (exact) mass is 316 g/mol. The van der Waals surface area contributed by atoms with Crippen LogP contribution in [0, 0.1) is 24.0 Å². The van der Waals surface area contributed by atoms with Gasteiger partial charge in [0.2, 0.25) is 5.91 Å². The number of carbonyl (C=O) groups excluding carboxylic acids is 1. The van der Waals surface area contributed by atoms with Gasteiger partial charge in [-0.1, -0.05) is 30.3 Å². The summed E-state index contributed by atoms with van der Waals surface area (Å²) >= 11 is 0. The molecule has 0 unspecified atom stereocenters. The summed E-state index contributed by atoms with van der Waals surface area (Å²) in [5, 5.41) is 15.2. The molecule has 0 aliphatic heterocycles. The largest absolute Gasteiger partial charge is 0.340 e. The Balaban J connectivity index is 2.20. The zero-order chi connectivity index (χ0) is 17.1. The number of nitro groups is 1. The van der Waals surface area contributed by atoms with Crippen LogP contribution in [0.5, 0.6) is 0 Å². The maximum absolute atomic E-state index is 12.6. The maximum Gasteiger partial charge on any atom is 0.312 e. The molecule has 7 heteroatoms. The number of nitrogens with zero attached hydrogens (tertiary/aromatic N) is 4. The molecule has 7 nitrogen and oxygen atoms in total. The minimum Gasteiger partial charge on any atom is -0.340 e. The molecule has 0 bridgehead atoms. The highest BCUT2D eigenvalue weighted by Crippen LogP contribution is 2.25. The van der Waals surface area contributed by atoms with Crippen molar-refractivity contribution < 1.29 is 9.72 Å². The van der Waals surface area contributed by atoms with Crippen LogP contribution in [-0.2, 0) is 11.3 Å². The van der Waals surface area contributed by atoms with Gasteiger partial charge >= 0.3 is 5.69 Å². The normalized spacial score (nSPS) is 12.0. The molecule has 1 aromatic carbocycles. The number of hydrogen-bond donors (Lipinski definition) is 0. The minimum absolute atomic E-state index is 0.0321. The van der Waals surface area contributed by atoms with Crippen LogP contribution in [0.1, 0.15) is 29.9 Å². The second kappa shape index (κ2) is 6.60. The van der Waals surface area contributed by atoms with Gasteiger partial charge in [-0.15, -0.1) is 0 Å². The number of amides is 1. The lowest BCUT2D eigenvalue weighted by Gasteiger charge is -2.22. The van der Waals surface area contributed by atoms with Gasteiger partial charge in [0.25, 0.3) is 0 Å². The molecule has 0 saturated heterocycles. The van der Waals surface area contributed by atoms with E-state index < -0.39 is 11.0 Å². The zero-order valence-corrected chi connectivity index (χ0v) is 13.7. The summed E-state index contributed by atoms with van der Waals surface area (Å²) in [6.45, 7) is 5.37. The highest BCUT2D eigenvalue weighted by atomic mass is 16.6. The second-order valence-electron chi connectivity index (χ2n) is 5.58. The fourth-order valence-electron chi connectivity index (χ4n) is 2.65. The van der Waals surface area contributed by atoms with Crippen molar-refractivity contribution in [3.05, 3.63) is 57.4 Å². The Morgan fingerprint density at radius 3 is 2.48 bits per heavy atom. The first-order valence-corrected chi connectivity index (χ1v) is 7.32. The molecular weight excluding hydrogens is 296 g/mol. The molecule has 1 atom stereocenters. The van der Waals surface area contributed by atoms with Crippen molar-refractivity contribution in [1.29, 1.82) is 0 Å². The van der Waals surface area contributed by atoms with Crippen LogP contribution in [-0.4, -0.2) is 32.6 Å². The van der Waals surface area contributed by atoms with Crippen molar-refractivity contribution >= 4 is 11.6 Å². The summed E-state index contributed by atoms with van der Waals surface area (Å²) < 4.78 is 1.43. The second-order valence-corrected chi connectivity index (χ2v) is 5.58. The van der Waals surface area contributed by atoms with E-state index in [1.54, 1.807) is 32.7 Å². The van der Waals surface area contributed by atoms with Crippen LogP contribution < -0.4 is 0 Å². The number of aromatic nitrogens is 2. The van der Waals surface area contributed by atoms with E-state index in [9.17, 15) is 14.9 Å². The average molecular weight is 316 g/mol. The summed E-state index contributed by atoms with van der Waals surface area (Å²) in [7, 11) is 1.71. The summed E-state index contributed by atoms with van der Waals surface area (Å²) in [6.07, 6.45) is 0. The highest BCUT2D eigenvalue weighted by Gasteiger charge is 2.28. The van der Waals surface area contributed by atoms with Gasteiger partial charge < -0.3 is 4.90 Å². The van der Waals surface area contributed by atoms with Gasteiger partial charge in [0, 0.05) is 13.6 Å². The molecule has 0 N–H and O–H groups in total. The smallest absolute Gasteiger partial charge is 0.312 e. The van der Waals surface area contributed by atoms with Gasteiger partial charge in [-0.25, -0.2) is 0 Å². The predicted octanol–water partition coefficient (Wildman–Crippen LogP) is 2.63. The SMILES string of the molecule is Cc1nn([C@H](C)C(=O)N(C)Cc2ccccc2)c(C)c1[N+](=O)[O-]. The molecule has 0 aliphatic rings. The molecular formula is C16H20N4O3. The van der Waals surface area contributed by atoms with E-state index in [0.717, 1.165) is 5.56 Å². The molecule has 1 aromatic heterocycles.